The van der Waals surface area contributed by atoms with Crippen molar-refractivity contribution in [2.75, 3.05) is 11.1 Å². The largest absolute Gasteiger partial charge is 0.325 e. The molecule has 1 amide bonds. The Hall–Kier alpha value is -2.17. The minimum Gasteiger partial charge on any atom is -0.325 e. The predicted octanol–water partition coefficient (Wildman–Crippen LogP) is 2.83. The van der Waals surface area contributed by atoms with E-state index in [0.717, 1.165) is 12.2 Å². The van der Waals surface area contributed by atoms with E-state index in [1.807, 2.05) is 25.3 Å². The van der Waals surface area contributed by atoms with Crippen molar-refractivity contribution in [3.63, 3.8) is 0 Å². The Morgan fingerprint density at radius 3 is 2.55 bits per heavy atom. The average molecular weight is 438 g/mol. The third-order valence-corrected chi connectivity index (χ3v) is 6.74. The van der Waals surface area contributed by atoms with Crippen LogP contribution in [-0.2, 0) is 27.8 Å². The third kappa shape index (κ3) is 6.41. The summed E-state index contributed by atoms with van der Waals surface area (Å²) in [5.74, 6) is 0.791. The van der Waals surface area contributed by atoms with E-state index < -0.39 is 10.0 Å². The predicted molar refractivity (Wildman–Crippen MR) is 115 cm³/mol. The molecule has 0 saturated heterocycles. The Labute approximate surface area is 176 Å². The van der Waals surface area contributed by atoms with E-state index in [4.69, 9.17) is 0 Å². The van der Waals surface area contributed by atoms with Gasteiger partial charge < -0.3 is 9.88 Å². The van der Waals surface area contributed by atoms with Gasteiger partial charge in [-0.3, -0.25) is 4.79 Å². The van der Waals surface area contributed by atoms with Gasteiger partial charge in [0.1, 0.15) is 5.82 Å². The molecule has 0 aliphatic heterocycles. The minimum atomic E-state index is -3.57. The number of thioether (sulfide) groups is 1. The van der Waals surface area contributed by atoms with Crippen molar-refractivity contribution >= 4 is 33.4 Å². The fourth-order valence-electron chi connectivity index (χ4n) is 2.46. The lowest BCUT2D eigenvalue weighted by Gasteiger charge is -2.12. The number of carbonyl (C=O) groups excluding carboxylic acids is 1. The number of nitrogens with one attached hydrogen (secondary N) is 2. The molecule has 2 rings (SSSR count). The summed E-state index contributed by atoms with van der Waals surface area (Å²) in [4.78, 5) is 12.4. The molecule has 29 heavy (non-hydrogen) atoms. The number of hydrogen-bond acceptors (Lipinski definition) is 6. The molecule has 1 heterocycles. The molecule has 158 valence electrons. The highest BCUT2D eigenvalue weighted by molar-refractivity contribution is 7.99. The molecule has 0 bridgehead atoms. The van der Waals surface area contributed by atoms with Gasteiger partial charge in [-0.2, -0.15) is 0 Å². The lowest BCUT2D eigenvalue weighted by molar-refractivity contribution is -0.113. The summed E-state index contributed by atoms with van der Waals surface area (Å²) in [6.45, 7) is 10.0. The number of sulfonamides is 1. The van der Waals surface area contributed by atoms with Crippen LogP contribution >= 0.6 is 11.8 Å². The second kappa shape index (κ2) is 10.6. The molecule has 2 N–H and O–H groups in total. The lowest BCUT2D eigenvalue weighted by Crippen LogP contribution is -2.31. The molecule has 0 spiro atoms. The quantitative estimate of drug-likeness (QED) is 0.414. The van der Waals surface area contributed by atoms with Crippen molar-refractivity contribution in [2.24, 2.45) is 0 Å². The van der Waals surface area contributed by atoms with Gasteiger partial charge in [-0.1, -0.05) is 31.7 Å². The van der Waals surface area contributed by atoms with Gasteiger partial charge in [0.15, 0.2) is 5.16 Å². The first kappa shape index (κ1) is 23.1. The zero-order chi connectivity index (χ0) is 21.4. The Bertz CT molecular complexity index is 939. The second-order valence-electron chi connectivity index (χ2n) is 6.44. The Balaban J connectivity index is 1.96. The van der Waals surface area contributed by atoms with Crippen LogP contribution in [0.25, 0.3) is 0 Å². The average Bonchev–Trinajstić information content (AvgIpc) is 3.08. The number of benzene rings is 1. The van der Waals surface area contributed by atoms with Crippen LogP contribution in [0, 0.1) is 0 Å². The molecule has 0 aliphatic carbocycles. The number of aryl methyl sites for hydroxylation is 1. The van der Waals surface area contributed by atoms with E-state index >= 15 is 0 Å². The van der Waals surface area contributed by atoms with Gasteiger partial charge in [-0.15, -0.1) is 16.8 Å². The van der Waals surface area contributed by atoms with Crippen LogP contribution in [0.4, 0.5) is 5.69 Å². The van der Waals surface area contributed by atoms with Crippen molar-refractivity contribution in [2.45, 2.75) is 56.3 Å². The summed E-state index contributed by atoms with van der Waals surface area (Å²) in [5, 5.41) is 11.7. The van der Waals surface area contributed by atoms with Crippen LogP contribution in [0.5, 0.6) is 0 Å². The van der Waals surface area contributed by atoms with E-state index in [0.29, 0.717) is 23.8 Å². The maximum Gasteiger partial charge on any atom is 0.240 e. The fraction of sp³-hybridized carbons (Fsp3) is 0.421. The zero-order valence-corrected chi connectivity index (χ0v) is 18.5. The fourth-order valence-corrected chi connectivity index (χ4v) is 4.55. The number of anilines is 1. The normalized spacial score (nSPS) is 12.5. The standard InChI is InChI=1S/C19H27N5O3S2/c1-5-12-24-17(7-3)21-22-19(24)28-13-18(25)20-15-8-10-16(11-9-15)29(26,27)23-14(4)6-2/h5,8-11,14,23H,1,6-7,12-13H2,2-4H3,(H,20,25). The van der Waals surface area contributed by atoms with Gasteiger partial charge in [0.2, 0.25) is 15.9 Å². The summed E-state index contributed by atoms with van der Waals surface area (Å²) in [6, 6.07) is 5.95. The van der Waals surface area contributed by atoms with Crippen LogP contribution < -0.4 is 10.0 Å². The third-order valence-electron chi connectivity index (χ3n) is 4.17. The summed E-state index contributed by atoms with van der Waals surface area (Å²) in [6.07, 6.45) is 3.21. The maximum absolute atomic E-state index is 12.3. The van der Waals surface area contributed by atoms with Crippen LogP contribution in [0.1, 0.15) is 33.0 Å². The molecule has 2 aromatic rings. The van der Waals surface area contributed by atoms with Crippen LogP contribution in [-0.4, -0.2) is 40.9 Å². The maximum atomic E-state index is 12.3. The molecule has 1 aromatic carbocycles. The summed E-state index contributed by atoms with van der Waals surface area (Å²) in [5.41, 5.74) is 0.528. The van der Waals surface area contributed by atoms with Crippen molar-refractivity contribution in [3.05, 3.63) is 42.7 Å². The van der Waals surface area contributed by atoms with Gasteiger partial charge in [0.05, 0.1) is 10.6 Å². The molecule has 8 nitrogen and oxygen atoms in total. The minimum absolute atomic E-state index is 0.146. The number of rotatable bonds is 11. The smallest absolute Gasteiger partial charge is 0.240 e. The topological polar surface area (TPSA) is 106 Å². The van der Waals surface area contributed by atoms with Gasteiger partial charge >= 0.3 is 0 Å². The second-order valence-corrected chi connectivity index (χ2v) is 9.10. The summed E-state index contributed by atoms with van der Waals surface area (Å²) < 4.78 is 29.1. The van der Waals surface area contributed by atoms with Crippen molar-refractivity contribution in [3.8, 4) is 0 Å². The van der Waals surface area contributed by atoms with Crippen molar-refractivity contribution in [1.29, 1.82) is 0 Å². The number of allylic oxidation sites excluding steroid dienone is 1. The van der Waals surface area contributed by atoms with E-state index in [1.165, 1.54) is 23.9 Å². The Kier molecular flexibility index (Phi) is 8.42. The highest BCUT2D eigenvalue weighted by atomic mass is 32.2. The van der Waals surface area contributed by atoms with Gasteiger partial charge in [0.25, 0.3) is 0 Å². The lowest BCUT2D eigenvalue weighted by atomic mass is 10.3. The van der Waals surface area contributed by atoms with E-state index in [9.17, 15) is 13.2 Å². The molecule has 10 heteroatoms. The van der Waals surface area contributed by atoms with E-state index in [2.05, 4.69) is 26.8 Å². The molecule has 0 fully saturated rings. The number of amides is 1. The highest BCUT2D eigenvalue weighted by Gasteiger charge is 2.17. The van der Waals surface area contributed by atoms with Crippen LogP contribution in [0.3, 0.4) is 0 Å². The molecule has 0 aliphatic rings. The Morgan fingerprint density at radius 1 is 1.28 bits per heavy atom. The molecule has 0 radical (unpaired) electrons. The first-order chi connectivity index (χ1) is 13.8. The molecule has 1 aromatic heterocycles. The van der Waals surface area contributed by atoms with Crippen molar-refractivity contribution in [1.82, 2.24) is 19.5 Å². The number of hydrogen-bond donors (Lipinski definition) is 2. The number of carbonyl (C=O) groups is 1. The Morgan fingerprint density at radius 2 is 1.97 bits per heavy atom. The highest BCUT2D eigenvalue weighted by Crippen LogP contribution is 2.19. The van der Waals surface area contributed by atoms with E-state index in [-0.39, 0.29) is 22.6 Å². The first-order valence-electron chi connectivity index (χ1n) is 9.38. The molecular weight excluding hydrogens is 410 g/mol. The van der Waals surface area contributed by atoms with Gasteiger partial charge in [-0.25, -0.2) is 13.1 Å². The molecular formula is C19H27N5O3S2. The zero-order valence-electron chi connectivity index (χ0n) is 16.9. The SMILES string of the molecule is C=CCn1c(CC)nnc1SCC(=O)Nc1ccc(S(=O)(=O)NC(C)CC)cc1. The van der Waals surface area contributed by atoms with Crippen LogP contribution in [0.2, 0.25) is 0 Å². The van der Waals surface area contributed by atoms with Crippen molar-refractivity contribution < 1.29 is 13.2 Å². The molecule has 0 saturated carbocycles. The van der Waals surface area contributed by atoms with Gasteiger partial charge in [-0.05, 0) is 37.6 Å². The monoisotopic (exact) mass is 437 g/mol. The van der Waals surface area contributed by atoms with Crippen LogP contribution in [0.15, 0.2) is 47.0 Å². The number of aromatic nitrogens is 3. The molecule has 1 unspecified atom stereocenters. The number of nitrogens with zero attached hydrogens (tertiary/aromatic N) is 3. The molecule has 1 atom stereocenters. The van der Waals surface area contributed by atoms with E-state index in [1.54, 1.807) is 18.2 Å². The van der Waals surface area contributed by atoms with Gasteiger partial charge in [0, 0.05) is 24.7 Å². The summed E-state index contributed by atoms with van der Waals surface area (Å²) in [7, 11) is -3.57. The summed E-state index contributed by atoms with van der Waals surface area (Å²) >= 11 is 1.29. The first-order valence-corrected chi connectivity index (χ1v) is 11.9.